The van der Waals surface area contributed by atoms with Gasteiger partial charge in [0.05, 0.1) is 31.9 Å². The number of aryl methyl sites for hydroxylation is 1. The highest BCUT2D eigenvalue weighted by Crippen LogP contribution is 2.36. The summed E-state index contributed by atoms with van der Waals surface area (Å²) >= 11 is 0. The molecule has 1 aliphatic heterocycles. The van der Waals surface area contributed by atoms with Gasteiger partial charge in [-0.25, -0.2) is 0 Å². The normalized spacial score (nSPS) is 18.7. The Morgan fingerprint density at radius 2 is 2.00 bits per heavy atom. The van der Waals surface area contributed by atoms with E-state index < -0.39 is 5.97 Å². The van der Waals surface area contributed by atoms with Gasteiger partial charge in [0.15, 0.2) is 11.5 Å². The van der Waals surface area contributed by atoms with Crippen LogP contribution >= 0.6 is 0 Å². The molecule has 27 heavy (non-hydrogen) atoms. The highest BCUT2D eigenvalue weighted by atomic mass is 16.5. The quantitative estimate of drug-likeness (QED) is 0.841. The standard InChI is InChI=1S/C21H26N2O4/c1-14-6-8-17(22-12-14)20(23-10-4-5-16(13-23)21(24)25)15-7-9-18(26-2)19(11-15)27-3/h6-9,11-12,16,20H,4-5,10,13H2,1-3H3,(H,24,25). The molecule has 1 aromatic carbocycles. The minimum atomic E-state index is -0.734. The first-order valence-electron chi connectivity index (χ1n) is 9.14. The molecule has 1 saturated heterocycles. The highest BCUT2D eigenvalue weighted by molar-refractivity contribution is 5.70. The largest absolute Gasteiger partial charge is 0.493 e. The monoisotopic (exact) mass is 370 g/mol. The fraction of sp³-hybridized carbons (Fsp3) is 0.429. The van der Waals surface area contributed by atoms with E-state index in [9.17, 15) is 9.90 Å². The Labute approximate surface area is 159 Å². The Balaban J connectivity index is 2.02. The van der Waals surface area contributed by atoms with Crippen LogP contribution in [0, 0.1) is 12.8 Å². The summed E-state index contributed by atoms with van der Waals surface area (Å²) in [5.41, 5.74) is 3.00. The topological polar surface area (TPSA) is 71.9 Å². The number of hydrogen-bond acceptors (Lipinski definition) is 5. The van der Waals surface area contributed by atoms with E-state index >= 15 is 0 Å². The molecule has 1 aliphatic rings. The van der Waals surface area contributed by atoms with Crippen molar-refractivity contribution in [2.45, 2.75) is 25.8 Å². The number of benzene rings is 1. The van der Waals surface area contributed by atoms with Gasteiger partial charge in [-0.1, -0.05) is 12.1 Å². The molecule has 0 bridgehead atoms. The molecule has 0 radical (unpaired) electrons. The number of methoxy groups -OCH3 is 2. The number of hydrogen-bond donors (Lipinski definition) is 1. The minimum absolute atomic E-state index is 0.132. The average Bonchev–Trinajstić information content (AvgIpc) is 2.69. The van der Waals surface area contributed by atoms with Gasteiger partial charge in [-0.2, -0.15) is 0 Å². The SMILES string of the molecule is COc1ccc(C(c2ccc(C)cn2)N2CCCC(C(=O)O)C2)cc1OC. The van der Waals surface area contributed by atoms with Crippen molar-refractivity contribution >= 4 is 5.97 Å². The second kappa shape index (κ2) is 8.39. The van der Waals surface area contributed by atoms with E-state index in [1.807, 2.05) is 43.5 Å². The van der Waals surface area contributed by atoms with E-state index in [-0.39, 0.29) is 12.0 Å². The van der Waals surface area contributed by atoms with Gasteiger partial charge in [0.1, 0.15) is 0 Å². The molecule has 2 heterocycles. The zero-order valence-corrected chi connectivity index (χ0v) is 16.0. The molecular formula is C21H26N2O4. The number of likely N-dealkylation sites (tertiary alicyclic amines) is 1. The molecule has 1 N–H and O–H groups in total. The first-order valence-corrected chi connectivity index (χ1v) is 9.14. The van der Waals surface area contributed by atoms with Crippen molar-refractivity contribution in [1.82, 2.24) is 9.88 Å². The van der Waals surface area contributed by atoms with E-state index in [0.717, 1.165) is 29.8 Å². The maximum absolute atomic E-state index is 11.5. The van der Waals surface area contributed by atoms with Gasteiger partial charge in [-0.15, -0.1) is 0 Å². The molecule has 0 spiro atoms. The van der Waals surface area contributed by atoms with Crippen LogP contribution in [-0.2, 0) is 4.79 Å². The number of rotatable bonds is 6. The number of nitrogens with zero attached hydrogens (tertiary/aromatic N) is 2. The first kappa shape index (κ1) is 19.2. The van der Waals surface area contributed by atoms with Crippen LogP contribution in [0.2, 0.25) is 0 Å². The van der Waals surface area contributed by atoms with Crippen LogP contribution in [0.3, 0.4) is 0 Å². The lowest BCUT2D eigenvalue weighted by Crippen LogP contribution is -2.41. The molecule has 0 aliphatic carbocycles. The zero-order valence-electron chi connectivity index (χ0n) is 16.0. The third kappa shape index (κ3) is 4.22. The summed E-state index contributed by atoms with van der Waals surface area (Å²) in [6.07, 6.45) is 3.42. The van der Waals surface area contributed by atoms with Crippen LogP contribution in [0.4, 0.5) is 0 Å². The lowest BCUT2D eigenvalue weighted by Gasteiger charge is -2.37. The van der Waals surface area contributed by atoms with E-state index in [0.29, 0.717) is 24.5 Å². The molecule has 6 heteroatoms. The number of piperidine rings is 1. The second-order valence-corrected chi connectivity index (χ2v) is 6.95. The molecule has 6 nitrogen and oxygen atoms in total. The molecule has 2 unspecified atom stereocenters. The van der Waals surface area contributed by atoms with Crippen LogP contribution in [-0.4, -0.2) is 48.3 Å². The van der Waals surface area contributed by atoms with Crippen molar-refractivity contribution in [3.63, 3.8) is 0 Å². The third-order valence-electron chi connectivity index (χ3n) is 5.10. The van der Waals surface area contributed by atoms with Crippen molar-refractivity contribution < 1.29 is 19.4 Å². The molecule has 1 fully saturated rings. The van der Waals surface area contributed by atoms with E-state index in [1.165, 1.54) is 0 Å². The molecule has 0 saturated carbocycles. The van der Waals surface area contributed by atoms with Gasteiger partial charge in [0.2, 0.25) is 0 Å². The van der Waals surface area contributed by atoms with Crippen LogP contribution in [0.5, 0.6) is 11.5 Å². The predicted octanol–water partition coefficient (Wildman–Crippen LogP) is 3.29. The van der Waals surface area contributed by atoms with E-state index in [4.69, 9.17) is 9.47 Å². The lowest BCUT2D eigenvalue weighted by molar-refractivity contribution is -0.143. The molecule has 144 valence electrons. The maximum atomic E-state index is 11.5. The van der Waals surface area contributed by atoms with Gasteiger partial charge < -0.3 is 14.6 Å². The fourth-order valence-corrected chi connectivity index (χ4v) is 3.68. The van der Waals surface area contributed by atoms with Crippen molar-refractivity contribution in [2.75, 3.05) is 27.3 Å². The summed E-state index contributed by atoms with van der Waals surface area (Å²) in [6.45, 7) is 3.34. The van der Waals surface area contributed by atoms with E-state index in [2.05, 4.69) is 9.88 Å². The summed E-state index contributed by atoms with van der Waals surface area (Å²) in [5.74, 6) is 0.229. The maximum Gasteiger partial charge on any atom is 0.307 e. The van der Waals surface area contributed by atoms with Crippen molar-refractivity contribution in [3.8, 4) is 11.5 Å². The highest BCUT2D eigenvalue weighted by Gasteiger charge is 2.32. The Hall–Kier alpha value is -2.60. The Bertz CT molecular complexity index is 791. The molecular weight excluding hydrogens is 344 g/mol. The molecule has 2 atom stereocenters. The van der Waals surface area contributed by atoms with Gasteiger partial charge in [-0.05, 0) is 55.6 Å². The number of carboxylic acids is 1. The van der Waals surface area contributed by atoms with Gasteiger partial charge >= 0.3 is 5.97 Å². The summed E-state index contributed by atoms with van der Waals surface area (Å²) in [7, 11) is 3.22. The molecule has 1 aromatic heterocycles. The molecule has 3 rings (SSSR count). The molecule has 2 aromatic rings. The minimum Gasteiger partial charge on any atom is -0.493 e. The average molecular weight is 370 g/mol. The fourth-order valence-electron chi connectivity index (χ4n) is 3.68. The predicted molar refractivity (Wildman–Crippen MR) is 102 cm³/mol. The number of carboxylic acid groups (broad SMARTS) is 1. The third-order valence-corrected chi connectivity index (χ3v) is 5.10. The van der Waals surface area contributed by atoms with Gasteiger partial charge in [0, 0.05) is 12.7 Å². The van der Waals surface area contributed by atoms with Gasteiger partial charge in [0.25, 0.3) is 0 Å². The number of aromatic nitrogens is 1. The van der Waals surface area contributed by atoms with Crippen LogP contribution < -0.4 is 9.47 Å². The zero-order chi connectivity index (χ0) is 19.4. The van der Waals surface area contributed by atoms with Crippen molar-refractivity contribution in [3.05, 3.63) is 53.3 Å². The first-order chi connectivity index (χ1) is 13.0. The van der Waals surface area contributed by atoms with Crippen LogP contribution in [0.25, 0.3) is 0 Å². The van der Waals surface area contributed by atoms with Crippen LogP contribution in [0.1, 0.15) is 35.7 Å². The van der Waals surface area contributed by atoms with E-state index in [1.54, 1.807) is 14.2 Å². The number of aliphatic carboxylic acids is 1. The molecule has 0 amide bonds. The summed E-state index contributed by atoms with van der Waals surface area (Å²) in [6, 6.07) is 9.75. The Morgan fingerprint density at radius 3 is 2.63 bits per heavy atom. The second-order valence-electron chi connectivity index (χ2n) is 6.95. The van der Waals surface area contributed by atoms with Crippen molar-refractivity contribution in [1.29, 1.82) is 0 Å². The van der Waals surface area contributed by atoms with Crippen molar-refractivity contribution in [2.24, 2.45) is 5.92 Å². The summed E-state index contributed by atoms with van der Waals surface area (Å²) < 4.78 is 10.8. The number of carbonyl (C=O) groups is 1. The smallest absolute Gasteiger partial charge is 0.307 e. The lowest BCUT2D eigenvalue weighted by atomic mass is 9.93. The number of pyridine rings is 1. The summed E-state index contributed by atoms with van der Waals surface area (Å²) in [4.78, 5) is 18.4. The Morgan fingerprint density at radius 1 is 1.22 bits per heavy atom. The Kier molecular flexibility index (Phi) is 5.96. The number of ether oxygens (including phenoxy) is 2. The van der Waals surface area contributed by atoms with Crippen LogP contribution in [0.15, 0.2) is 36.5 Å². The van der Waals surface area contributed by atoms with Gasteiger partial charge in [-0.3, -0.25) is 14.7 Å². The summed E-state index contributed by atoms with van der Waals surface area (Å²) in [5, 5.41) is 9.49.